The summed E-state index contributed by atoms with van der Waals surface area (Å²) < 4.78 is 5.21. The highest BCUT2D eigenvalue weighted by atomic mass is 16.6. The Morgan fingerprint density at radius 3 is 2.04 bits per heavy atom. The smallest absolute Gasteiger partial charge is 0.417 e. The van der Waals surface area contributed by atoms with Crippen LogP contribution in [0.2, 0.25) is 0 Å². The Bertz CT molecular complexity index is 752. The molecule has 1 aromatic rings. The number of hydrogen-bond donors (Lipinski definition) is 2. The van der Waals surface area contributed by atoms with Crippen LogP contribution in [0.25, 0.3) is 0 Å². The zero-order valence-corrected chi connectivity index (χ0v) is 16.7. The zero-order valence-electron chi connectivity index (χ0n) is 16.7. The number of benzene rings is 1. The van der Waals surface area contributed by atoms with E-state index in [1.807, 2.05) is 6.07 Å². The average molecular weight is 389 g/mol. The molecule has 8 heteroatoms. The third-order valence-corrected chi connectivity index (χ3v) is 4.30. The van der Waals surface area contributed by atoms with Crippen molar-refractivity contribution in [3.8, 4) is 6.07 Å². The van der Waals surface area contributed by atoms with Gasteiger partial charge >= 0.3 is 12.1 Å². The molecule has 28 heavy (non-hydrogen) atoms. The van der Waals surface area contributed by atoms with E-state index in [4.69, 9.17) is 15.7 Å². The Morgan fingerprint density at radius 1 is 1.11 bits per heavy atom. The number of imide groups is 1. The summed E-state index contributed by atoms with van der Waals surface area (Å²) in [5.74, 6) is -3.31. The van der Waals surface area contributed by atoms with E-state index in [1.54, 1.807) is 27.7 Å². The number of hydrogen-bond acceptors (Lipinski definition) is 6. The number of carbonyl (C=O) groups excluding carboxylic acids is 2. The van der Waals surface area contributed by atoms with Crippen molar-refractivity contribution in [2.75, 3.05) is 0 Å². The Morgan fingerprint density at radius 2 is 1.64 bits per heavy atom. The van der Waals surface area contributed by atoms with Gasteiger partial charge in [0.1, 0.15) is 0 Å². The molecule has 0 fully saturated rings. The van der Waals surface area contributed by atoms with Crippen molar-refractivity contribution >= 4 is 18.0 Å². The van der Waals surface area contributed by atoms with Crippen LogP contribution in [0.1, 0.15) is 51.8 Å². The van der Waals surface area contributed by atoms with Gasteiger partial charge in [-0.3, -0.25) is 9.59 Å². The second kappa shape index (κ2) is 9.85. The van der Waals surface area contributed by atoms with Crippen LogP contribution in [0.5, 0.6) is 0 Å². The van der Waals surface area contributed by atoms with Gasteiger partial charge in [0, 0.05) is 0 Å². The van der Waals surface area contributed by atoms with Gasteiger partial charge < -0.3 is 15.6 Å². The number of carbonyl (C=O) groups is 3. The number of nitrogens with zero attached hydrogens (tertiary/aromatic N) is 2. The van der Waals surface area contributed by atoms with Crippen LogP contribution in [-0.4, -0.2) is 40.1 Å². The number of ether oxygens (including phenoxy) is 1. The Labute approximate surface area is 164 Å². The fraction of sp³-hybridized carbons (Fsp3) is 0.500. The minimum Gasteiger partial charge on any atom is -0.481 e. The van der Waals surface area contributed by atoms with Gasteiger partial charge in [-0.05, 0) is 44.4 Å². The number of amides is 2. The lowest BCUT2D eigenvalue weighted by Crippen LogP contribution is -2.52. The summed E-state index contributed by atoms with van der Waals surface area (Å²) in [7, 11) is 0. The summed E-state index contributed by atoms with van der Waals surface area (Å²) in [6, 6.07) is 5.85. The number of carboxylic acids is 1. The molecule has 0 saturated heterocycles. The molecule has 2 amide bonds. The van der Waals surface area contributed by atoms with Gasteiger partial charge in [0.15, 0.2) is 0 Å². The molecule has 152 valence electrons. The molecule has 0 saturated carbocycles. The highest BCUT2D eigenvalue weighted by Crippen LogP contribution is 2.31. The van der Waals surface area contributed by atoms with Crippen LogP contribution >= 0.6 is 0 Å². The molecule has 1 aromatic carbocycles. The van der Waals surface area contributed by atoms with Crippen LogP contribution in [0.3, 0.4) is 0 Å². The molecule has 0 spiro atoms. The number of rotatable bonds is 7. The first-order chi connectivity index (χ1) is 13.0. The van der Waals surface area contributed by atoms with E-state index in [-0.39, 0.29) is 5.92 Å². The van der Waals surface area contributed by atoms with Gasteiger partial charge in [0.25, 0.3) is 0 Å². The predicted molar refractivity (Wildman–Crippen MR) is 102 cm³/mol. The number of aliphatic carboxylic acids is 1. The van der Waals surface area contributed by atoms with E-state index < -0.39 is 42.1 Å². The summed E-state index contributed by atoms with van der Waals surface area (Å²) in [6.45, 7) is 8.10. The number of nitriles is 1. The van der Waals surface area contributed by atoms with Gasteiger partial charge in [-0.1, -0.05) is 26.0 Å². The Hall–Kier alpha value is -2.92. The SMILES string of the molecule is CC(C)OC(=O)N(C(=O)[C@@H](N)C(C)C)C(c1ccc(C#N)cc1)C(C)C(=O)O. The molecular weight excluding hydrogens is 362 g/mol. The molecule has 3 atom stereocenters. The summed E-state index contributed by atoms with van der Waals surface area (Å²) >= 11 is 0. The maximum Gasteiger partial charge on any atom is 0.417 e. The lowest BCUT2D eigenvalue weighted by Gasteiger charge is -2.35. The van der Waals surface area contributed by atoms with Gasteiger partial charge in [-0.2, -0.15) is 5.26 Å². The molecule has 0 aliphatic heterocycles. The van der Waals surface area contributed by atoms with Crippen molar-refractivity contribution < 1.29 is 24.2 Å². The van der Waals surface area contributed by atoms with E-state index in [0.29, 0.717) is 11.1 Å². The maximum atomic E-state index is 13.0. The van der Waals surface area contributed by atoms with Crippen molar-refractivity contribution in [3.05, 3.63) is 35.4 Å². The topological polar surface area (TPSA) is 134 Å². The molecule has 1 rings (SSSR count). The Kier molecular flexibility index (Phi) is 8.14. The number of carboxylic acid groups (broad SMARTS) is 1. The second-order valence-corrected chi connectivity index (χ2v) is 7.22. The van der Waals surface area contributed by atoms with Crippen LogP contribution < -0.4 is 5.73 Å². The lowest BCUT2D eigenvalue weighted by molar-refractivity contribution is -0.146. The van der Waals surface area contributed by atoms with Crippen LogP contribution in [0.15, 0.2) is 24.3 Å². The molecule has 3 N–H and O–H groups in total. The average Bonchev–Trinajstić information content (AvgIpc) is 2.63. The van der Waals surface area contributed by atoms with Crippen molar-refractivity contribution in [1.82, 2.24) is 4.90 Å². The van der Waals surface area contributed by atoms with E-state index in [1.165, 1.54) is 31.2 Å². The third kappa shape index (κ3) is 5.54. The lowest BCUT2D eigenvalue weighted by atomic mass is 9.91. The first kappa shape index (κ1) is 23.1. The summed E-state index contributed by atoms with van der Waals surface area (Å²) in [5.41, 5.74) is 6.73. The minimum atomic E-state index is -1.19. The minimum absolute atomic E-state index is 0.274. The number of nitrogens with two attached hydrogens (primary N) is 1. The fourth-order valence-corrected chi connectivity index (χ4v) is 2.60. The van der Waals surface area contributed by atoms with E-state index in [0.717, 1.165) is 4.90 Å². The second-order valence-electron chi connectivity index (χ2n) is 7.22. The standard InChI is InChI=1S/C20H27N3O5/c1-11(2)16(22)18(24)23(20(27)28-12(3)4)17(13(5)19(25)26)15-8-6-14(10-21)7-9-15/h6-9,11-13,16-17H,22H2,1-5H3,(H,25,26)/t13?,16-,17?/m0/s1. The maximum absolute atomic E-state index is 13.0. The van der Waals surface area contributed by atoms with Gasteiger partial charge in [-0.25, -0.2) is 9.69 Å². The molecule has 0 aliphatic carbocycles. The Balaban J connectivity index is 3.55. The third-order valence-electron chi connectivity index (χ3n) is 4.30. The zero-order chi connectivity index (χ0) is 21.6. The van der Waals surface area contributed by atoms with Gasteiger partial charge in [0.05, 0.1) is 35.7 Å². The molecule has 0 radical (unpaired) electrons. The largest absolute Gasteiger partial charge is 0.481 e. The molecule has 0 aromatic heterocycles. The van der Waals surface area contributed by atoms with E-state index in [9.17, 15) is 19.5 Å². The van der Waals surface area contributed by atoms with Crippen molar-refractivity contribution in [3.63, 3.8) is 0 Å². The molecule has 0 aliphatic rings. The van der Waals surface area contributed by atoms with Crippen molar-refractivity contribution in [1.29, 1.82) is 5.26 Å². The highest BCUT2D eigenvalue weighted by molar-refractivity contribution is 5.96. The van der Waals surface area contributed by atoms with Gasteiger partial charge in [0.2, 0.25) is 5.91 Å². The van der Waals surface area contributed by atoms with Crippen LogP contribution in [-0.2, 0) is 14.3 Å². The van der Waals surface area contributed by atoms with Crippen LogP contribution in [0.4, 0.5) is 4.79 Å². The van der Waals surface area contributed by atoms with Crippen molar-refractivity contribution in [2.45, 2.75) is 52.8 Å². The molecule has 0 bridgehead atoms. The predicted octanol–water partition coefficient (Wildman–Crippen LogP) is 2.68. The molecular formula is C20H27N3O5. The fourth-order valence-electron chi connectivity index (χ4n) is 2.60. The highest BCUT2D eigenvalue weighted by Gasteiger charge is 2.41. The van der Waals surface area contributed by atoms with E-state index >= 15 is 0 Å². The van der Waals surface area contributed by atoms with Crippen molar-refractivity contribution in [2.24, 2.45) is 17.6 Å². The molecule has 8 nitrogen and oxygen atoms in total. The summed E-state index contributed by atoms with van der Waals surface area (Å²) in [5, 5.41) is 18.6. The van der Waals surface area contributed by atoms with Gasteiger partial charge in [-0.15, -0.1) is 0 Å². The summed E-state index contributed by atoms with van der Waals surface area (Å²) in [4.78, 5) is 38.3. The first-order valence-electron chi connectivity index (χ1n) is 9.03. The normalized spacial score (nSPS) is 14.1. The molecule has 0 heterocycles. The quantitative estimate of drug-likeness (QED) is 0.732. The molecule has 2 unspecified atom stereocenters. The first-order valence-corrected chi connectivity index (χ1v) is 9.03. The summed E-state index contributed by atoms with van der Waals surface area (Å²) in [6.07, 6.45) is -1.47. The van der Waals surface area contributed by atoms with Crippen LogP contribution in [0, 0.1) is 23.2 Å². The van der Waals surface area contributed by atoms with E-state index in [2.05, 4.69) is 0 Å². The monoisotopic (exact) mass is 389 g/mol.